The lowest BCUT2D eigenvalue weighted by atomic mass is 9.86. The number of hydrogen-bond donors (Lipinski definition) is 1. The minimum absolute atomic E-state index is 0.141. The molecule has 1 fully saturated rings. The highest BCUT2D eigenvalue weighted by molar-refractivity contribution is 6.11. The number of rotatable bonds is 1. The lowest BCUT2D eigenvalue weighted by Gasteiger charge is -2.20. The molecule has 0 spiro atoms. The summed E-state index contributed by atoms with van der Waals surface area (Å²) in [7, 11) is 2.06. The maximum absolute atomic E-state index is 8.94. The zero-order valence-electron chi connectivity index (χ0n) is 6.92. The normalized spacial score (nSPS) is 47.9. The first-order valence-electron chi connectivity index (χ1n) is 3.86. The summed E-state index contributed by atoms with van der Waals surface area (Å²) in [4.78, 5) is 0. The van der Waals surface area contributed by atoms with E-state index < -0.39 is 0 Å². The first kappa shape index (κ1) is 8.09. The van der Waals surface area contributed by atoms with Crippen LogP contribution in [0.15, 0.2) is 0 Å². The zero-order chi connectivity index (χ0) is 7.78. The van der Waals surface area contributed by atoms with Crippen LogP contribution in [0.25, 0.3) is 0 Å². The lowest BCUT2D eigenvalue weighted by Crippen LogP contribution is -2.29. The Balaban J connectivity index is 2.55. The Hall–Kier alpha value is -0.0151. The average molecular weight is 142 g/mol. The van der Waals surface area contributed by atoms with E-state index in [-0.39, 0.29) is 12.2 Å². The average Bonchev–Trinajstić information content (AvgIpc) is 2.10. The summed E-state index contributed by atoms with van der Waals surface area (Å²) in [5, 5.41) is 8.94. The molecule has 0 aromatic carbocycles. The summed E-state index contributed by atoms with van der Waals surface area (Å²) in [6.45, 7) is 4.26. The maximum atomic E-state index is 8.94. The van der Waals surface area contributed by atoms with Crippen molar-refractivity contribution in [2.24, 2.45) is 5.92 Å². The molecule has 2 unspecified atom stereocenters. The van der Waals surface area contributed by atoms with Crippen LogP contribution in [0.5, 0.6) is 0 Å². The van der Waals surface area contributed by atoms with Gasteiger partial charge in [0.15, 0.2) is 0 Å². The van der Waals surface area contributed by atoms with E-state index in [1.807, 2.05) is 6.92 Å². The van der Waals surface area contributed by atoms with Gasteiger partial charge in [0, 0.05) is 6.00 Å². The standard InChI is InChI=1S/C7H15BO2/c1-5-3-7(2,4-9)10-6(5)8/h5-6,9H,3-4,8H2,1-2H3/t5?,6?,7-/m1/s1. The van der Waals surface area contributed by atoms with Gasteiger partial charge in [-0.1, -0.05) is 6.92 Å². The molecular formula is C7H15BO2. The minimum atomic E-state index is -0.265. The Bertz CT molecular complexity index is 117. The van der Waals surface area contributed by atoms with Gasteiger partial charge in [-0.05, 0) is 19.3 Å². The molecule has 3 atom stereocenters. The number of ether oxygens (including phenoxy) is 1. The molecule has 0 aromatic heterocycles. The van der Waals surface area contributed by atoms with Crippen LogP contribution in [0.3, 0.4) is 0 Å². The third-order valence-corrected chi connectivity index (χ3v) is 2.36. The molecule has 0 bridgehead atoms. The van der Waals surface area contributed by atoms with Crippen molar-refractivity contribution in [1.82, 2.24) is 0 Å². The molecule has 1 aliphatic rings. The van der Waals surface area contributed by atoms with Gasteiger partial charge in [0.05, 0.1) is 12.2 Å². The van der Waals surface area contributed by atoms with Crippen molar-refractivity contribution in [2.45, 2.75) is 31.9 Å². The Morgan fingerprint density at radius 3 is 2.60 bits per heavy atom. The summed E-state index contributed by atoms with van der Waals surface area (Å²) >= 11 is 0. The fourth-order valence-electron chi connectivity index (χ4n) is 1.56. The van der Waals surface area contributed by atoms with E-state index >= 15 is 0 Å². The Morgan fingerprint density at radius 2 is 2.40 bits per heavy atom. The van der Waals surface area contributed by atoms with E-state index in [1.54, 1.807) is 0 Å². The molecule has 0 aromatic rings. The van der Waals surface area contributed by atoms with E-state index in [4.69, 9.17) is 9.84 Å². The second-order valence-electron chi connectivity index (χ2n) is 3.61. The van der Waals surface area contributed by atoms with Crippen LogP contribution in [-0.2, 0) is 4.74 Å². The predicted octanol–water partition coefficient (Wildman–Crippen LogP) is -0.247. The highest BCUT2D eigenvalue weighted by Gasteiger charge is 2.37. The molecule has 3 heteroatoms. The molecule has 10 heavy (non-hydrogen) atoms. The van der Waals surface area contributed by atoms with Crippen LogP contribution in [0.2, 0.25) is 0 Å². The van der Waals surface area contributed by atoms with E-state index in [2.05, 4.69) is 14.8 Å². The van der Waals surface area contributed by atoms with Crippen molar-refractivity contribution in [3.63, 3.8) is 0 Å². The van der Waals surface area contributed by atoms with Gasteiger partial charge in [0.2, 0.25) is 0 Å². The molecule has 0 amide bonds. The largest absolute Gasteiger partial charge is 0.393 e. The second-order valence-corrected chi connectivity index (χ2v) is 3.61. The fourth-order valence-corrected chi connectivity index (χ4v) is 1.56. The zero-order valence-corrected chi connectivity index (χ0v) is 6.92. The number of aliphatic hydroxyl groups is 1. The Morgan fingerprint density at radius 1 is 1.80 bits per heavy atom. The van der Waals surface area contributed by atoms with E-state index in [9.17, 15) is 0 Å². The molecule has 1 rings (SSSR count). The van der Waals surface area contributed by atoms with Crippen LogP contribution in [-0.4, -0.2) is 31.2 Å². The van der Waals surface area contributed by atoms with Crippen LogP contribution in [0.1, 0.15) is 20.3 Å². The maximum Gasteiger partial charge on any atom is 0.139 e. The molecule has 0 aliphatic carbocycles. The highest BCUT2D eigenvalue weighted by Crippen LogP contribution is 2.32. The summed E-state index contributed by atoms with van der Waals surface area (Å²) in [5.74, 6) is 0.581. The molecule has 0 radical (unpaired) electrons. The quantitative estimate of drug-likeness (QED) is 0.511. The van der Waals surface area contributed by atoms with Crippen molar-refractivity contribution in [3.8, 4) is 0 Å². The SMILES string of the molecule is BC1O[C@@](C)(CO)CC1C. The van der Waals surface area contributed by atoms with Gasteiger partial charge in [0.25, 0.3) is 0 Å². The second kappa shape index (κ2) is 2.55. The van der Waals surface area contributed by atoms with Crippen LogP contribution in [0.4, 0.5) is 0 Å². The Labute approximate surface area is 63.0 Å². The lowest BCUT2D eigenvalue weighted by molar-refractivity contribution is -0.0375. The van der Waals surface area contributed by atoms with Gasteiger partial charge in [-0.2, -0.15) is 0 Å². The monoisotopic (exact) mass is 142 g/mol. The van der Waals surface area contributed by atoms with Crippen molar-refractivity contribution < 1.29 is 9.84 Å². The molecule has 1 saturated heterocycles. The first-order chi connectivity index (χ1) is 4.57. The van der Waals surface area contributed by atoms with Gasteiger partial charge in [-0.25, -0.2) is 0 Å². The molecule has 2 nitrogen and oxygen atoms in total. The van der Waals surface area contributed by atoms with Crippen molar-refractivity contribution >= 4 is 7.85 Å². The third kappa shape index (κ3) is 1.35. The van der Waals surface area contributed by atoms with Gasteiger partial charge < -0.3 is 9.84 Å². The van der Waals surface area contributed by atoms with E-state index in [0.717, 1.165) is 6.42 Å². The fraction of sp³-hybridized carbons (Fsp3) is 1.00. The van der Waals surface area contributed by atoms with Crippen LogP contribution in [0, 0.1) is 5.92 Å². The predicted molar refractivity (Wildman–Crippen MR) is 42.7 cm³/mol. The summed E-state index contributed by atoms with van der Waals surface area (Å²) in [6.07, 6.45) is 0.977. The van der Waals surface area contributed by atoms with E-state index in [0.29, 0.717) is 11.9 Å². The molecule has 1 N–H and O–H groups in total. The molecule has 1 heterocycles. The Kier molecular flexibility index (Phi) is 2.06. The molecule has 1 aliphatic heterocycles. The molecule has 0 saturated carbocycles. The first-order valence-corrected chi connectivity index (χ1v) is 3.86. The van der Waals surface area contributed by atoms with Gasteiger partial charge >= 0.3 is 0 Å². The van der Waals surface area contributed by atoms with Gasteiger partial charge in [0.1, 0.15) is 7.85 Å². The van der Waals surface area contributed by atoms with Gasteiger partial charge in [-0.3, -0.25) is 0 Å². The van der Waals surface area contributed by atoms with Crippen molar-refractivity contribution in [3.05, 3.63) is 0 Å². The van der Waals surface area contributed by atoms with Crippen LogP contribution < -0.4 is 0 Å². The number of hydrogen-bond acceptors (Lipinski definition) is 2. The van der Waals surface area contributed by atoms with E-state index in [1.165, 1.54) is 0 Å². The smallest absolute Gasteiger partial charge is 0.139 e. The van der Waals surface area contributed by atoms with Crippen molar-refractivity contribution in [2.75, 3.05) is 6.61 Å². The molecular weight excluding hydrogens is 127 g/mol. The molecule has 58 valence electrons. The van der Waals surface area contributed by atoms with Gasteiger partial charge in [-0.15, -0.1) is 0 Å². The third-order valence-electron chi connectivity index (χ3n) is 2.36. The minimum Gasteiger partial charge on any atom is -0.393 e. The summed E-state index contributed by atoms with van der Waals surface area (Å²) < 4.78 is 5.56. The summed E-state index contributed by atoms with van der Waals surface area (Å²) in [5.41, 5.74) is -0.265. The highest BCUT2D eigenvalue weighted by atomic mass is 16.5. The topological polar surface area (TPSA) is 29.5 Å². The summed E-state index contributed by atoms with van der Waals surface area (Å²) in [6, 6.07) is 0.303. The number of aliphatic hydroxyl groups excluding tert-OH is 1. The van der Waals surface area contributed by atoms with Crippen molar-refractivity contribution in [1.29, 1.82) is 0 Å². The van der Waals surface area contributed by atoms with Crippen LogP contribution >= 0.6 is 0 Å².